The first-order chi connectivity index (χ1) is 13.3. The zero-order valence-electron chi connectivity index (χ0n) is 15.3. The molecule has 1 aromatic carbocycles. The third-order valence-corrected chi connectivity index (χ3v) is 4.75. The molecule has 2 aromatic heterocycles. The summed E-state index contributed by atoms with van der Waals surface area (Å²) in [5.74, 6) is 2.60. The van der Waals surface area contributed by atoms with Gasteiger partial charge in [0, 0.05) is 50.9 Å². The predicted molar refractivity (Wildman–Crippen MR) is 108 cm³/mol. The summed E-state index contributed by atoms with van der Waals surface area (Å²) in [6.07, 6.45) is 2.52. The molecule has 0 spiro atoms. The van der Waals surface area contributed by atoms with Crippen LogP contribution in [0.2, 0.25) is 0 Å². The van der Waals surface area contributed by atoms with Crippen molar-refractivity contribution >= 4 is 28.5 Å². The number of nitrogens with zero attached hydrogens (tertiary/aromatic N) is 5. The third kappa shape index (κ3) is 3.93. The van der Waals surface area contributed by atoms with Crippen molar-refractivity contribution in [2.45, 2.75) is 6.42 Å². The lowest BCUT2D eigenvalue weighted by molar-refractivity contribution is 0.292. The summed E-state index contributed by atoms with van der Waals surface area (Å²) in [7, 11) is 0. The summed E-state index contributed by atoms with van der Waals surface area (Å²) < 4.78 is 0. The molecule has 3 heterocycles. The van der Waals surface area contributed by atoms with Gasteiger partial charge in [-0.2, -0.15) is 4.98 Å². The number of para-hydroxylation sites is 1. The fourth-order valence-electron chi connectivity index (χ4n) is 3.30. The number of nitrogens with one attached hydrogen (secondary N) is 1. The summed E-state index contributed by atoms with van der Waals surface area (Å²) in [6.45, 7) is 4.33. The number of aromatic nitrogens is 3. The van der Waals surface area contributed by atoms with E-state index in [-0.39, 0.29) is 6.61 Å². The van der Waals surface area contributed by atoms with E-state index in [0.29, 0.717) is 13.0 Å². The van der Waals surface area contributed by atoms with Crippen molar-refractivity contribution in [3.05, 3.63) is 48.7 Å². The van der Waals surface area contributed by atoms with E-state index < -0.39 is 0 Å². The molecule has 140 valence electrons. The van der Waals surface area contributed by atoms with Crippen LogP contribution in [0.3, 0.4) is 0 Å². The van der Waals surface area contributed by atoms with Crippen LogP contribution in [0.1, 0.15) is 6.42 Å². The number of hydrogen-bond donors (Lipinski definition) is 2. The van der Waals surface area contributed by atoms with E-state index >= 15 is 0 Å². The van der Waals surface area contributed by atoms with Crippen molar-refractivity contribution in [2.24, 2.45) is 0 Å². The van der Waals surface area contributed by atoms with Crippen molar-refractivity contribution < 1.29 is 5.11 Å². The van der Waals surface area contributed by atoms with Gasteiger partial charge in [-0.1, -0.05) is 18.2 Å². The SMILES string of the molecule is OCCCNc1nc(N2CCN(c3ccccn3)CC2)nc2ccccc12. The van der Waals surface area contributed by atoms with Crippen LogP contribution in [0.15, 0.2) is 48.7 Å². The molecule has 7 heteroatoms. The minimum absolute atomic E-state index is 0.165. The summed E-state index contributed by atoms with van der Waals surface area (Å²) in [4.78, 5) is 18.5. The second kappa shape index (κ2) is 8.18. The summed E-state index contributed by atoms with van der Waals surface area (Å²) >= 11 is 0. The van der Waals surface area contributed by atoms with Crippen molar-refractivity contribution in [3.8, 4) is 0 Å². The molecule has 3 aromatic rings. The molecular formula is C20H24N6O. The van der Waals surface area contributed by atoms with Crippen molar-refractivity contribution in [3.63, 3.8) is 0 Å². The van der Waals surface area contributed by atoms with Crippen molar-refractivity contribution in [1.82, 2.24) is 15.0 Å². The summed E-state index contributed by atoms with van der Waals surface area (Å²) in [5.41, 5.74) is 0.932. The Labute approximate surface area is 158 Å². The van der Waals surface area contributed by atoms with Crippen LogP contribution in [0.4, 0.5) is 17.6 Å². The van der Waals surface area contributed by atoms with E-state index in [1.54, 1.807) is 0 Å². The Balaban J connectivity index is 1.53. The second-order valence-electron chi connectivity index (χ2n) is 6.56. The monoisotopic (exact) mass is 364 g/mol. The average Bonchev–Trinajstić information content (AvgIpc) is 2.74. The average molecular weight is 364 g/mol. The van der Waals surface area contributed by atoms with Gasteiger partial charge in [0.1, 0.15) is 11.6 Å². The van der Waals surface area contributed by atoms with E-state index in [9.17, 15) is 0 Å². The minimum Gasteiger partial charge on any atom is -0.396 e. The van der Waals surface area contributed by atoms with Crippen LogP contribution in [0, 0.1) is 0 Å². The molecule has 0 aliphatic carbocycles. The highest BCUT2D eigenvalue weighted by Gasteiger charge is 2.21. The Morgan fingerprint density at radius 2 is 1.70 bits per heavy atom. The molecule has 0 radical (unpaired) electrons. The van der Waals surface area contributed by atoms with Gasteiger partial charge < -0.3 is 20.2 Å². The standard InChI is InChI=1S/C20H24N6O/c27-15-5-10-22-19-16-6-1-2-7-17(16)23-20(24-19)26-13-11-25(12-14-26)18-8-3-4-9-21-18/h1-4,6-9,27H,5,10-15H2,(H,22,23,24). The fourth-order valence-corrected chi connectivity index (χ4v) is 3.30. The number of hydrogen-bond acceptors (Lipinski definition) is 7. The van der Waals surface area contributed by atoms with Gasteiger partial charge >= 0.3 is 0 Å². The highest BCUT2D eigenvalue weighted by molar-refractivity contribution is 5.90. The first-order valence-corrected chi connectivity index (χ1v) is 9.37. The first kappa shape index (κ1) is 17.5. The van der Waals surface area contributed by atoms with Crippen LogP contribution in [-0.2, 0) is 0 Å². The number of benzene rings is 1. The Hall–Kier alpha value is -2.93. The highest BCUT2D eigenvalue weighted by atomic mass is 16.3. The molecule has 0 unspecified atom stereocenters. The topological polar surface area (TPSA) is 77.4 Å². The number of anilines is 3. The predicted octanol–water partition coefficient (Wildman–Crippen LogP) is 2.15. The molecule has 1 saturated heterocycles. The number of rotatable bonds is 6. The maximum Gasteiger partial charge on any atom is 0.228 e. The summed E-state index contributed by atoms with van der Waals surface area (Å²) in [6, 6.07) is 14.0. The van der Waals surface area contributed by atoms with Crippen LogP contribution < -0.4 is 15.1 Å². The summed E-state index contributed by atoms with van der Waals surface area (Å²) in [5, 5.41) is 13.4. The van der Waals surface area contributed by atoms with Crippen LogP contribution in [0.5, 0.6) is 0 Å². The lowest BCUT2D eigenvalue weighted by Gasteiger charge is -2.35. The molecule has 4 rings (SSSR count). The second-order valence-corrected chi connectivity index (χ2v) is 6.56. The van der Waals surface area contributed by atoms with E-state index in [0.717, 1.165) is 54.7 Å². The molecule has 0 saturated carbocycles. The number of pyridine rings is 1. The largest absolute Gasteiger partial charge is 0.396 e. The minimum atomic E-state index is 0.165. The van der Waals surface area contributed by atoms with Gasteiger partial charge in [0.05, 0.1) is 5.52 Å². The number of aliphatic hydroxyl groups is 1. The maximum absolute atomic E-state index is 9.04. The molecule has 2 N–H and O–H groups in total. The van der Waals surface area contributed by atoms with Gasteiger partial charge in [-0.05, 0) is 30.7 Å². The number of fused-ring (bicyclic) bond motifs is 1. The molecule has 1 aliphatic rings. The Morgan fingerprint density at radius 3 is 2.48 bits per heavy atom. The van der Waals surface area contributed by atoms with Gasteiger partial charge in [0.2, 0.25) is 5.95 Å². The maximum atomic E-state index is 9.04. The Morgan fingerprint density at radius 1 is 0.926 bits per heavy atom. The quantitative estimate of drug-likeness (QED) is 0.649. The zero-order valence-corrected chi connectivity index (χ0v) is 15.3. The fraction of sp³-hybridized carbons (Fsp3) is 0.350. The van der Waals surface area contributed by atoms with E-state index in [2.05, 4.69) is 20.1 Å². The van der Waals surface area contributed by atoms with Crippen LogP contribution >= 0.6 is 0 Å². The molecule has 7 nitrogen and oxygen atoms in total. The van der Waals surface area contributed by atoms with E-state index in [1.165, 1.54) is 0 Å². The third-order valence-electron chi connectivity index (χ3n) is 4.75. The molecule has 0 atom stereocenters. The molecule has 0 amide bonds. The Bertz CT molecular complexity index is 880. The van der Waals surface area contributed by atoms with E-state index in [4.69, 9.17) is 15.1 Å². The molecule has 27 heavy (non-hydrogen) atoms. The van der Waals surface area contributed by atoms with Crippen LogP contribution in [0.25, 0.3) is 10.9 Å². The normalized spacial score (nSPS) is 14.6. The lowest BCUT2D eigenvalue weighted by Crippen LogP contribution is -2.47. The highest BCUT2D eigenvalue weighted by Crippen LogP contribution is 2.24. The Kier molecular flexibility index (Phi) is 5.29. The molecular weight excluding hydrogens is 340 g/mol. The number of aliphatic hydroxyl groups excluding tert-OH is 1. The molecule has 0 bridgehead atoms. The van der Waals surface area contributed by atoms with Gasteiger partial charge in [-0.15, -0.1) is 0 Å². The van der Waals surface area contributed by atoms with Gasteiger partial charge in [-0.25, -0.2) is 9.97 Å². The van der Waals surface area contributed by atoms with Gasteiger partial charge in [-0.3, -0.25) is 0 Å². The smallest absolute Gasteiger partial charge is 0.228 e. The molecule has 1 fully saturated rings. The van der Waals surface area contributed by atoms with Crippen LogP contribution in [-0.4, -0.2) is 59.4 Å². The van der Waals surface area contributed by atoms with E-state index in [1.807, 2.05) is 48.7 Å². The number of piperazine rings is 1. The van der Waals surface area contributed by atoms with Gasteiger partial charge in [0.15, 0.2) is 0 Å². The van der Waals surface area contributed by atoms with Gasteiger partial charge in [0.25, 0.3) is 0 Å². The lowest BCUT2D eigenvalue weighted by atomic mass is 10.2. The van der Waals surface area contributed by atoms with Crippen molar-refractivity contribution in [1.29, 1.82) is 0 Å². The zero-order chi connectivity index (χ0) is 18.5. The van der Waals surface area contributed by atoms with Crippen molar-refractivity contribution in [2.75, 3.05) is 54.4 Å². The first-order valence-electron chi connectivity index (χ1n) is 9.37. The molecule has 1 aliphatic heterocycles.